The number of amides is 2. The van der Waals surface area contributed by atoms with E-state index in [4.69, 9.17) is 9.47 Å². The normalized spacial score (nSPS) is 18.0. The highest BCUT2D eigenvalue weighted by molar-refractivity contribution is 5.89. The molecule has 1 aliphatic heterocycles. The Bertz CT molecular complexity index is 521. The van der Waals surface area contributed by atoms with Crippen molar-refractivity contribution in [2.24, 2.45) is 0 Å². The standard InChI is InChI=1S/C18H28N2O4/c1-14(2)24-10-9-23-13-15-5-3-6-16(11-15)19-18(22)20-8-4-7-17(21)12-20/h3,5-6,11,14,17,21H,4,7-10,12-13H2,1-2H3,(H,19,22)/t17-/m0/s1. The lowest BCUT2D eigenvalue weighted by molar-refractivity contribution is 0.0143. The maximum atomic E-state index is 12.2. The monoisotopic (exact) mass is 336 g/mol. The van der Waals surface area contributed by atoms with Crippen molar-refractivity contribution in [2.75, 3.05) is 31.6 Å². The third-order valence-electron chi connectivity index (χ3n) is 3.81. The number of rotatable bonds is 7. The molecule has 1 aromatic rings. The van der Waals surface area contributed by atoms with E-state index in [2.05, 4.69) is 5.32 Å². The Kier molecular flexibility index (Phi) is 7.49. The molecule has 0 unspecified atom stereocenters. The van der Waals surface area contributed by atoms with Crippen molar-refractivity contribution >= 4 is 11.7 Å². The summed E-state index contributed by atoms with van der Waals surface area (Å²) in [6, 6.07) is 7.44. The first-order valence-electron chi connectivity index (χ1n) is 8.57. The Morgan fingerprint density at radius 1 is 1.42 bits per heavy atom. The molecule has 24 heavy (non-hydrogen) atoms. The van der Waals surface area contributed by atoms with Crippen LogP contribution < -0.4 is 5.32 Å². The maximum absolute atomic E-state index is 12.2. The van der Waals surface area contributed by atoms with Crippen molar-refractivity contribution in [3.8, 4) is 0 Å². The smallest absolute Gasteiger partial charge is 0.321 e. The van der Waals surface area contributed by atoms with E-state index >= 15 is 0 Å². The average molecular weight is 336 g/mol. The Labute approximate surface area is 143 Å². The number of ether oxygens (including phenoxy) is 2. The summed E-state index contributed by atoms with van der Waals surface area (Å²) < 4.78 is 11.0. The van der Waals surface area contributed by atoms with Gasteiger partial charge < -0.3 is 24.8 Å². The number of nitrogens with one attached hydrogen (secondary N) is 1. The Balaban J connectivity index is 1.78. The van der Waals surface area contributed by atoms with Gasteiger partial charge in [0.25, 0.3) is 0 Å². The Morgan fingerprint density at radius 3 is 3.00 bits per heavy atom. The number of benzene rings is 1. The molecule has 0 spiro atoms. The van der Waals surface area contributed by atoms with Crippen LogP contribution in [-0.4, -0.2) is 54.5 Å². The lowest BCUT2D eigenvalue weighted by Gasteiger charge is -2.30. The molecular formula is C18H28N2O4. The Hall–Kier alpha value is -1.63. The zero-order valence-electron chi connectivity index (χ0n) is 14.5. The van der Waals surface area contributed by atoms with Crippen molar-refractivity contribution in [3.63, 3.8) is 0 Å². The number of hydrogen-bond donors (Lipinski definition) is 2. The fourth-order valence-corrected chi connectivity index (χ4v) is 2.61. The van der Waals surface area contributed by atoms with Gasteiger partial charge in [-0.2, -0.15) is 0 Å². The van der Waals surface area contributed by atoms with E-state index < -0.39 is 6.10 Å². The molecule has 2 rings (SSSR count). The number of likely N-dealkylation sites (tertiary alicyclic amines) is 1. The molecule has 0 aromatic heterocycles. The van der Waals surface area contributed by atoms with Crippen molar-refractivity contribution in [2.45, 2.75) is 45.5 Å². The molecule has 0 aliphatic carbocycles. The average Bonchev–Trinajstić information content (AvgIpc) is 2.54. The van der Waals surface area contributed by atoms with Crippen molar-refractivity contribution < 1.29 is 19.4 Å². The van der Waals surface area contributed by atoms with Crippen molar-refractivity contribution in [1.82, 2.24) is 4.90 Å². The maximum Gasteiger partial charge on any atom is 0.321 e. The third-order valence-corrected chi connectivity index (χ3v) is 3.81. The van der Waals surface area contributed by atoms with Crippen LogP contribution in [0, 0.1) is 0 Å². The van der Waals surface area contributed by atoms with Crippen LogP contribution in [0.1, 0.15) is 32.3 Å². The van der Waals surface area contributed by atoms with Crippen LogP contribution in [0.5, 0.6) is 0 Å². The lowest BCUT2D eigenvalue weighted by atomic mass is 10.1. The highest BCUT2D eigenvalue weighted by atomic mass is 16.5. The molecule has 1 aromatic carbocycles. The molecule has 1 aliphatic rings. The number of carbonyl (C=O) groups excluding carboxylic acids is 1. The van der Waals surface area contributed by atoms with Gasteiger partial charge >= 0.3 is 6.03 Å². The van der Waals surface area contributed by atoms with Gasteiger partial charge in [-0.15, -0.1) is 0 Å². The predicted molar refractivity (Wildman–Crippen MR) is 93.0 cm³/mol. The summed E-state index contributed by atoms with van der Waals surface area (Å²) in [4.78, 5) is 13.9. The van der Waals surface area contributed by atoms with Gasteiger partial charge in [0.2, 0.25) is 0 Å². The SMILES string of the molecule is CC(C)OCCOCc1cccc(NC(=O)N2CCC[C@H](O)C2)c1. The number of carbonyl (C=O) groups is 1. The molecule has 6 heteroatoms. The predicted octanol–water partition coefficient (Wildman–Crippen LogP) is 2.62. The summed E-state index contributed by atoms with van der Waals surface area (Å²) in [7, 11) is 0. The molecule has 1 atom stereocenters. The molecule has 1 heterocycles. The van der Waals surface area contributed by atoms with Crippen LogP contribution in [0.25, 0.3) is 0 Å². The van der Waals surface area contributed by atoms with E-state index in [-0.39, 0.29) is 12.1 Å². The highest BCUT2D eigenvalue weighted by Gasteiger charge is 2.21. The minimum atomic E-state index is -0.419. The summed E-state index contributed by atoms with van der Waals surface area (Å²) in [6.45, 7) is 6.66. The van der Waals surface area contributed by atoms with E-state index in [9.17, 15) is 9.90 Å². The summed E-state index contributed by atoms with van der Waals surface area (Å²) in [6.07, 6.45) is 1.38. The first-order valence-corrected chi connectivity index (χ1v) is 8.57. The van der Waals surface area contributed by atoms with Crippen LogP contribution in [0.3, 0.4) is 0 Å². The second-order valence-electron chi connectivity index (χ2n) is 6.34. The van der Waals surface area contributed by atoms with Gasteiger partial charge in [-0.3, -0.25) is 0 Å². The van der Waals surface area contributed by atoms with Crippen LogP contribution in [0.4, 0.5) is 10.5 Å². The van der Waals surface area contributed by atoms with Gasteiger partial charge in [0.15, 0.2) is 0 Å². The van der Waals surface area contributed by atoms with E-state index in [1.165, 1.54) is 0 Å². The van der Waals surface area contributed by atoms with E-state index in [0.717, 1.165) is 24.1 Å². The number of aliphatic hydroxyl groups is 1. The molecule has 0 saturated carbocycles. The number of hydrogen-bond acceptors (Lipinski definition) is 4. The van der Waals surface area contributed by atoms with E-state index in [1.54, 1.807) is 4.90 Å². The summed E-state index contributed by atoms with van der Waals surface area (Å²) >= 11 is 0. The second-order valence-corrected chi connectivity index (χ2v) is 6.34. The number of β-amino-alcohol motifs (C(OH)–C–C–N with tert-alkyl or cyclic N) is 1. The molecule has 1 fully saturated rings. The lowest BCUT2D eigenvalue weighted by Crippen LogP contribution is -2.44. The van der Waals surface area contributed by atoms with Gasteiger partial charge in [-0.25, -0.2) is 4.79 Å². The third kappa shape index (κ3) is 6.47. The minimum absolute atomic E-state index is 0.169. The van der Waals surface area contributed by atoms with Crippen molar-refractivity contribution in [1.29, 1.82) is 0 Å². The first-order chi connectivity index (χ1) is 11.5. The molecular weight excluding hydrogens is 308 g/mol. The second kappa shape index (κ2) is 9.61. The van der Waals surface area contributed by atoms with Crippen LogP contribution in [0.15, 0.2) is 24.3 Å². The van der Waals surface area contributed by atoms with Gasteiger partial charge in [0.05, 0.1) is 32.0 Å². The Morgan fingerprint density at radius 2 is 2.25 bits per heavy atom. The number of anilines is 1. The number of piperidine rings is 1. The number of aliphatic hydroxyl groups excluding tert-OH is 1. The summed E-state index contributed by atoms with van der Waals surface area (Å²) in [5.74, 6) is 0. The fourth-order valence-electron chi connectivity index (χ4n) is 2.61. The van der Waals surface area contributed by atoms with Crippen LogP contribution in [0.2, 0.25) is 0 Å². The van der Waals surface area contributed by atoms with E-state index in [0.29, 0.717) is 32.9 Å². The zero-order chi connectivity index (χ0) is 17.4. The summed E-state index contributed by atoms with van der Waals surface area (Å²) in [5, 5.41) is 12.6. The quantitative estimate of drug-likeness (QED) is 0.751. The first kappa shape index (κ1) is 18.7. The highest BCUT2D eigenvalue weighted by Crippen LogP contribution is 2.15. The molecule has 134 valence electrons. The number of nitrogens with zero attached hydrogens (tertiary/aromatic N) is 1. The number of urea groups is 1. The van der Waals surface area contributed by atoms with Gasteiger partial charge in [0.1, 0.15) is 0 Å². The molecule has 2 amide bonds. The molecule has 2 N–H and O–H groups in total. The molecule has 0 radical (unpaired) electrons. The van der Waals surface area contributed by atoms with Gasteiger partial charge in [-0.05, 0) is 44.4 Å². The minimum Gasteiger partial charge on any atom is -0.391 e. The zero-order valence-corrected chi connectivity index (χ0v) is 14.5. The van der Waals surface area contributed by atoms with Crippen molar-refractivity contribution in [3.05, 3.63) is 29.8 Å². The van der Waals surface area contributed by atoms with Crippen LogP contribution in [-0.2, 0) is 16.1 Å². The largest absolute Gasteiger partial charge is 0.391 e. The topological polar surface area (TPSA) is 71.0 Å². The molecule has 1 saturated heterocycles. The van der Waals surface area contributed by atoms with Gasteiger partial charge in [0, 0.05) is 18.8 Å². The van der Waals surface area contributed by atoms with Gasteiger partial charge in [-0.1, -0.05) is 12.1 Å². The van der Waals surface area contributed by atoms with Crippen LogP contribution >= 0.6 is 0 Å². The summed E-state index contributed by atoms with van der Waals surface area (Å²) in [5.41, 5.74) is 1.73. The fraction of sp³-hybridized carbons (Fsp3) is 0.611. The molecule has 6 nitrogen and oxygen atoms in total. The van der Waals surface area contributed by atoms with E-state index in [1.807, 2.05) is 38.1 Å². The molecule has 0 bridgehead atoms.